The van der Waals surface area contributed by atoms with Gasteiger partial charge in [-0.2, -0.15) is 4.72 Å². The molecule has 1 aromatic rings. The molecule has 0 bridgehead atoms. The lowest BCUT2D eigenvalue weighted by atomic mass is 10.0. The number of sulfonamides is 1. The molecular formula is C15H23NO4S. The molecule has 5 nitrogen and oxygen atoms in total. The topological polar surface area (TPSA) is 83.5 Å². The fraction of sp³-hybridized carbons (Fsp3) is 0.533. The molecule has 0 saturated carbocycles. The number of rotatable bonds is 5. The van der Waals surface area contributed by atoms with Crippen molar-refractivity contribution in [3.05, 3.63) is 28.3 Å². The Kier molecular flexibility index (Phi) is 4.85. The van der Waals surface area contributed by atoms with Crippen LogP contribution in [-0.2, 0) is 14.8 Å². The van der Waals surface area contributed by atoms with E-state index in [-0.39, 0.29) is 11.3 Å². The summed E-state index contributed by atoms with van der Waals surface area (Å²) in [5, 5.41) is 9.26. The first-order valence-corrected chi connectivity index (χ1v) is 8.29. The Labute approximate surface area is 126 Å². The summed E-state index contributed by atoms with van der Waals surface area (Å²) in [7, 11) is -3.91. The van der Waals surface area contributed by atoms with Crippen molar-refractivity contribution >= 4 is 16.0 Å². The summed E-state index contributed by atoms with van der Waals surface area (Å²) in [6.07, 6.45) is 0.157. The molecule has 0 saturated heterocycles. The number of carboxylic acid groups (broad SMARTS) is 1. The van der Waals surface area contributed by atoms with Crippen LogP contribution in [0.2, 0.25) is 0 Å². The maximum Gasteiger partial charge on any atom is 0.324 e. The van der Waals surface area contributed by atoms with Crippen LogP contribution in [0.5, 0.6) is 0 Å². The summed E-state index contributed by atoms with van der Waals surface area (Å²) in [6.45, 7) is 10.2. The molecule has 0 heterocycles. The summed E-state index contributed by atoms with van der Waals surface area (Å²) >= 11 is 0. The second-order valence-corrected chi connectivity index (χ2v) is 7.31. The van der Waals surface area contributed by atoms with Crippen LogP contribution >= 0.6 is 0 Å². The van der Waals surface area contributed by atoms with Crippen molar-refractivity contribution in [2.24, 2.45) is 0 Å². The summed E-state index contributed by atoms with van der Waals surface area (Å²) < 4.78 is 27.7. The van der Waals surface area contributed by atoms with E-state index >= 15 is 0 Å². The van der Waals surface area contributed by atoms with E-state index in [9.17, 15) is 18.3 Å². The Bertz CT molecular complexity index is 653. The molecule has 1 unspecified atom stereocenters. The summed E-state index contributed by atoms with van der Waals surface area (Å²) in [5.74, 6) is -1.19. The minimum Gasteiger partial charge on any atom is -0.480 e. The number of carboxylic acids is 1. The summed E-state index contributed by atoms with van der Waals surface area (Å²) in [4.78, 5) is 11.5. The van der Waals surface area contributed by atoms with Gasteiger partial charge >= 0.3 is 5.97 Å². The van der Waals surface area contributed by atoms with E-state index in [4.69, 9.17) is 0 Å². The van der Waals surface area contributed by atoms with E-state index in [1.165, 1.54) is 6.92 Å². The standard InChI is InChI=1S/C15H23NO4S/c1-7-15(6,14(17)18)16-21(19,20)13-11(4)9(2)8-10(3)12(13)5/h8,16H,7H2,1-6H3,(H,17,18). The number of benzene rings is 1. The lowest BCUT2D eigenvalue weighted by molar-refractivity contribution is -0.143. The molecular weight excluding hydrogens is 290 g/mol. The lowest BCUT2D eigenvalue weighted by Gasteiger charge is -2.26. The van der Waals surface area contributed by atoms with E-state index in [2.05, 4.69) is 4.72 Å². The highest BCUT2D eigenvalue weighted by Gasteiger charge is 2.37. The highest BCUT2D eigenvalue weighted by atomic mass is 32.2. The fourth-order valence-electron chi connectivity index (χ4n) is 2.20. The number of nitrogens with one attached hydrogen (secondary N) is 1. The van der Waals surface area contributed by atoms with Gasteiger partial charge in [-0.15, -0.1) is 0 Å². The van der Waals surface area contributed by atoms with Gasteiger partial charge in [-0.05, 0) is 63.3 Å². The van der Waals surface area contributed by atoms with Crippen molar-refractivity contribution in [2.75, 3.05) is 0 Å². The Hall–Kier alpha value is -1.40. The number of hydrogen-bond acceptors (Lipinski definition) is 3. The van der Waals surface area contributed by atoms with Crippen LogP contribution < -0.4 is 4.72 Å². The molecule has 1 atom stereocenters. The molecule has 0 radical (unpaired) electrons. The Morgan fingerprint density at radius 3 is 1.95 bits per heavy atom. The molecule has 1 aromatic carbocycles. The van der Waals surface area contributed by atoms with Gasteiger partial charge in [0.25, 0.3) is 0 Å². The third kappa shape index (κ3) is 3.27. The Morgan fingerprint density at radius 1 is 1.19 bits per heavy atom. The SMILES string of the molecule is CCC(C)(NS(=O)(=O)c1c(C)c(C)cc(C)c1C)C(=O)O. The molecule has 118 valence electrons. The fourth-order valence-corrected chi connectivity index (χ4v) is 4.25. The third-order valence-corrected chi connectivity index (χ3v) is 5.97. The number of hydrogen-bond donors (Lipinski definition) is 2. The predicted molar refractivity (Wildman–Crippen MR) is 82.0 cm³/mol. The average molecular weight is 313 g/mol. The normalized spacial score (nSPS) is 14.8. The first-order valence-electron chi connectivity index (χ1n) is 6.81. The molecule has 21 heavy (non-hydrogen) atoms. The van der Waals surface area contributed by atoms with Crippen molar-refractivity contribution in [1.82, 2.24) is 4.72 Å². The van der Waals surface area contributed by atoms with Gasteiger partial charge in [-0.3, -0.25) is 4.79 Å². The summed E-state index contributed by atoms with van der Waals surface area (Å²) in [5.41, 5.74) is 1.51. The van der Waals surface area contributed by atoms with Crippen LogP contribution in [0, 0.1) is 27.7 Å². The van der Waals surface area contributed by atoms with Gasteiger partial charge in [0.2, 0.25) is 10.0 Å². The Balaban J connectivity index is 3.50. The smallest absolute Gasteiger partial charge is 0.324 e. The minimum atomic E-state index is -3.91. The van der Waals surface area contributed by atoms with Crippen LogP contribution in [0.3, 0.4) is 0 Å². The zero-order valence-electron chi connectivity index (χ0n) is 13.4. The number of aliphatic carboxylic acids is 1. The molecule has 0 aromatic heterocycles. The molecule has 0 aliphatic carbocycles. The van der Waals surface area contributed by atoms with Crippen molar-refractivity contribution < 1.29 is 18.3 Å². The maximum atomic E-state index is 12.7. The van der Waals surface area contributed by atoms with Crippen molar-refractivity contribution in [3.63, 3.8) is 0 Å². The average Bonchev–Trinajstić information content (AvgIpc) is 2.35. The van der Waals surface area contributed by atoms with E-state index in [1.54, 1.807) is 20.8 Å². The van der Waals surface area contributed by atoms with E-state index in [1.807, 2.05) is 19.9 Å². The van der Waals surface area contributed by atoms with Gasteiger partial charge in [-0.25, -0.2) is 8.42 Å². The molecule has 0 amide bonds. The predicted octanol–water partition coefficient (Wildman–Crippen LogP) is 2.45. The molecule has 0 aliphatic heterocycles. The van der Waals surface area contributed by atoms with Gasteiger partial charge in [-0.1, -0.05) is 13.0 Å². The first-order chi connectivity index (χ1) is 9.46. The van der Waals surface area contributed by atoms with Gasteiger partial charge in [0.05, 0.1) is 4.90 Å². The van der Waals surface area contributed by atoms with Crippen LogP contribution in [-0.4, -0.2) is 25.0 Å². The van der Waals surface area contributed by atoms with Gasteiger partial charge < -0.3 is 5.11 Å². The van der Waals surface area contributed by atoms with E-state index < -0.39 is 21.5 Å². The van der Waals surface area contributed by atoms with E-state index in [0.29, 0.717) is 11.1 Å². The molecule has 2 N–H and O–H groups in total. The third-order valence-electron chi connectivity index (χ3n) is 4.10. The highest BCUT2D eigenvalue weighted by molar-refractivity contribution is 7.89. The van der Waals surface area contributed by atoms with Crippen molar-refractivity contribution in [3.8, 4) is 0 Å². The molecule has 0 spiro atoms. The van der Waals surface area contributed by atoms with Crippen LogP contribution in [0.4, 0.5) is 0 Å². The largest absolute Gasteiger partial charge is 0.480 e. The van der Waals surface area contributed by atoms with Crippen LogP contribution in [0.1, 0.15) is 42.5 Å². The van der Waals surface area contributed by atoms with Gasteiger partial charge in [0, 0.05) is 0 Å². The quantitative estimate of drug-likeness (QED) is 0.874. The van der Waals surface area contributed by atoms with Gasteiger partial charge in [0.1, 0.15) is 5.54 Å². The minimum absolute atomic E-state index is 0.157. The van der Waals surface area contributed by atoms with Crippen molar-refractivity contribution in [1.29, 1.82) is 0 Å². The van der Waals surface area contributed by atoms with Gasteiger partial charge in [0.15, 0.2) is 0 Å². The monoisotopic (exact) mass is 313 g/mol. The first kappa shape index (κ1) is 17.7. The molecule has 6 heteroatoms. The van der Waals surface area contributed by atoms with Crippen LogP contribution in [0.25, 0.3) is 0 Å². The van der Waals surface area contributed by atoms with E-state index in [0.717, 1.165) is 11.1 Å². The van der Waals surface area contributed by atoms with Crippen molar-refractivity contribution in [2.45, 2.75) is 58.4 Å². The number of carbonyl (C=O) groups is 1. The zero-order valence-corrected chi connectivity index (χ0v) is 14.2. The number of aryl methyl sites for hydroxylation is 2. The summed E-state index contributed by atoms with van der Waals surface area (Å²) in [6, 6.07) is 1.93. The maximum absolute atomic E-state index is 12.7. The van der Waals surface area contributed by atoms with Crippen LogP contribution in [0.15, 0.2) is 11.0 Å². The Morgan fingerprint density at radius 2 is 1.62 bits per heavy atom. The second kappa shape index (κ2) is 5.77. The molecule has 1 rings (SSSR count). The zero-order chi connectivity index (χ0) is 16.6. The highest BCUT2D eigenvalue weighted by Crippen LogP contribution is 2.27. The molecule has 0 fully saturated rings. The lowest BCUT2D eigenvalue weighted by Crippen LogP contribution is -2.51. The second-order valence-electron chi connectivity index (χ2n) is 5.69. The molecule has 0 aliphatic rings.